The predicted octanol–water partition coefficient (Wildman–Crippen LogP) is -0.200. The first-order valence-corrected chi connectivity index (χ1v) is 8.25. The predicted molar refractivity (Wildman–Crippen MR) is 68.5 cm³/mol. The van der Waals surface area contributed by atoms with Gasteiger partial charge in [-0.25, -0.2) is 13.1 Å². The summed E-state index contributed by atoms with van der Waals surface area (Å²) in [7, 11) is -3.09. The summed E-state index contributed by atoms with van der Waals surface area (Å²) in [5.74, 6) is 0.251. The molecule has 2 aliphatic heterocycles. The molecule has 3 N–H and O–H groups in total. The molecule has 0 spiro atoms. The molecule has 0 amide bonds. The summed E-state index contributed by atoms with van der Waals surface area (Å²) in [5.41, 5.74) is 0. The Labute approximate surface area is 104 Å². The van der Waals surface area contributed by atoms with Gasteiger partial charge in [-0.3, -0.25) is 0 Å². The van der Waals surface area contributed by atoms with Crippen LogP contribution >= 0.6 is 0 Å². The van der Waals surface area contributed by atoms with Crippen molar-refractivity contribution in [3.05, 3.63) is 0 Å². The summed E-state index contributed by atoms with van der Waals surface area (Å²) in [4.78, 5) is 0. The van der Waals surface area contributed by atoms with Crippen molar-refractivity contribution >= 4 is 10.0 Å². The van der Waals surface area contributed by atoms with Gasteiger partial charge >= 0.3 is 0 Å². The minimum absolute atomic E-state index is 0.0966. The van der Waals surface area contributed by atoms with Crippen molar-refractivity contribution in [2.75, 3.05) is 25.4 Å². The van der Waals surface area contributed by atoms with Crippen molar-refractivity contribution in [2.24, 2.45) is 0 Å². The van der Waals surface area contributed by atoms with Gasteiger partial charge in [-0.05, 0) is 38.8 Å². The van der Waals surface area contributed by atoms with Crippen LogP contribution in [0.2, 0.25) is 0 Å². The molecular formula is C11H23N3O2S. The van der Waals surface area contributed by atoms with Crippen LogP contribution in [-0.4, -0.2) is 45.9 Å². The second-order valence-corrected chi connectivity index (χ2v) is 6.94. The SMILES string of the molecule is O=S(=O)(CCC1CCCCN1)NC1CCNC1. The van der Waals surface area contributed by atoms with E-state index in [2.05, 4.69) is 15.4 Å². The molecule has 2 heterocycles. The van der Waals surface area contributed by atoms with E-state index in [9.17, 15) is 8.42 Å². The van der Waals surface area contributed by atoms with Crippen LogP contribution in [0.4, 0.5) is 0 Å². The molecule has 100 valence electrons. The molecule has 0 aromatic heterocycles. The minimum Gasteiger partial charge on any atom is -0.315 e. The summed E-state index contributed by atoms with van der Waals surface area (Å²) >= 11 is 0. The first-order chi connectivity index (χ1) is 8.16. The molecule has 5 nitrogen and oxygen atoms in total. The van der Waals surface area contributed by atoms with Gasteiger partial charge in [0.2, 0.25) is 10.0 Å². The highest BCUT2D eigenvalue weighted by atomic mass is 32.2. The molecule has 2 atom stereocenters. The smallest absolute Gasteiger partial charge is 0.211 e. The molecule has 2 fully saturated rings. The Kier molecular flexibility index (Phi) is 4.78. The van der Waals surface area contributed by atoms with Crippen molar-refractivity contribution in [1.29, 1.82) is 0 Å². The molecular weight excluding hydrogens is 238 g/mol. The fourth-order valence-corrected chi connectivity index (χ4v) is 3.96. The van der Waals surface area contributed by atoms with Crippen LogP contribution in [0.3, 0.4) is 0 Å². The molecule has 0 bridgehead atoms. The fourth-order valence-electron chi connectivity index (χ4n) is 2.54. The van der Waals surface area contributed by atoms with Gasteiger partial charge in [-0.15, -0.1) is 0 Å². The highest BCUT2D eigenvalue weighted by Crippen LogP contribution is 2.11. The molecule has 0 aromatic carbocycles. The van der Waals surface area contributed by atoms with Gasteiger partial charge < -0.3 is 10.6 Å². The molecule has 0 radical (unpaired) electrons. The van der Waals surface area contributed by atoms with E-state index in [-0.39, 0.29) is 11.8 Å². The van der Waals surface area contributed by atoms with E-state index in [1.54, 1.807) is 0 Å². The lowest BCUT2D eigenvalue weighted by molar-refractivity contribution is 0.392. The third-order valence-electron chi connectivity index (χ3n) is 3.55. The Balaban J connectivity index is 1.72. The molecule has 0 saturated carbocycles. The third-order valence-corrected chi connectivity index (χ3v) is 5.02. The first kappa shape index (κ1) is 13.3. The van der Waals surface area contributed by atoms with Gasteiger partial charge in [-0.2, -0.15) is 0 Å². The van der Waals surface area contributed by atoms with Crippen LogP contribution in [-0.2, 0) is 10.0 Å². The zero-order valence-corrected chi connectivity index (χ0v) is 11.1. The zero-order valence-electron chi connectivity index (χ0n) is 10.2. The molecule has 2 aliphatic rings. The monoisotopic (exact) mass is 261 g/mol. The van der Waals surface area contributed by atoms with Crippen molar-refractivity contribution in [3.8, 4) is 0 Å². The Bertz CT molecular complexity index is 320. The van der Waals surface area contributed by atoms with Crippen LogP contribution < -0.4 is 15.4 Å². The molecule has 2 unspecified atom stereocenters. The molecule has 2 rings (SSSR count). The number of rotatable bonds is 5. The highest BCUT2D eigenvalue weighted by Gasteiger charge is 2.22. The summed E-state index contributed by atoms with van der Waals surface area (Å²) in [5, 5.41) is 6.54. The number of hydrogen-bond donors (Lipinski definition) is 3. The number of nitrogens with one attached hydrogen (secondary N) is 3. The van der Waals surface area contributed by atoms with E-state index in [0.29, 0.717) is 6.04 Å². The standard InChI is InChI=1S/C11H23N3O2S/c15-17(16,14-11-4-7-12-9-11)8-5-10-3-1-2-6-13-10/h10-14H,1-9H2. The summed E-state index contributed by atoms with van der Waals surface area (Å²) in [6.45, 7) is 2.71. The lowest BCUT2D eigenvalue weighted by Gasteiger charge is -2.23. The van der Waals surface area contributed by atoms with Crippen LogP contribution in [0.15, 0.2) is 0 Å². The van der Waals surface area contributed by atoms with Crippen LogP contribution in [0, 0.1) is 0 Å². The number of piperidine rings is 1. The molecule has 6 heteroatoms. The van der Waals surface area contributed by atoms with Crippen LogP contribution in [0.25, 0.3) is 0 Å². The number of hydrogen-bond acceptors (Lipinski definition) is 4. The maximum Gasteiger partial charge on any atom is 0.211 e. The Morgan fingerprint density at radius 2 is 2.06 bits per heavy atom. The van der Waals surface area contributed by atoms with Gasteiger partial charge in [0.05, 0.1) is 5.75 Å². The zero-order chi connectivity index (χ0) is 12.1. The molecule has 0 aliphatic carbocycles. The number of sulfonamides is 1. The van der Waals surface area contributed by atoms with Crippen molar-refractivity contribution < 1.29 is 8.42 Å². The maximum atomic E-state index is 11.9. The summed E-state index contributed by atoms with van der Waals surface area (Å²) in [6.07, 6.45) is 5.18. The topological polar surface area (TPSA) is 70.2 Å². The van der Waals surface area contributed by atoms with E-state index in [4.69, 9.17) is 0 Å². The van der Waals surface area contributed by atoms with Crippen LogP contribution in [0.5, 0.6) is 0 Å². The highest BCUT2D eigenvalue weighted by molar-refractivity contribution is 7.89. The largest absolute Gasteiger partial charge is 0.315 e. The fraction of sp³-hybridized carbons (Fsp3) is 1.00. The Hall–Kier alpha value is -0.170. The second kappa shape index (κ2) is 6.13. The second-order valence-electron chi connectivity index (χ2n) is 5.06. The Morgan fingerprint density at radius 1 is 1.18 bits per heavy atom. The maximum absolute atomic E-state index is 11.9. The van der Waals surface area contributed by atoms with Crippen LogP contribution in [0.1, 0.15) is 32.1 Å². The minimum atomic E-state index is -3.09. The van der Waals surface area contributed by atoms with Gasteiger partial charge in [0, 0.05) is 18.6 Å². The lowest BCUT2D eigenvalue weighted by Crippen LogP contribution is -2.40. The molecule has 2 saturated heterocycles. The van der Waals surface area contributed by atoms with E-state index in [1.165, 1.54) is 12.8 Å². The van der Waals surface area contributed by atoms with E-state index in [0.717, 1.165) is 38.9 Å². The van der Waals surface area contributed by atoms with E-state index in [1.807, 2.05) is 0 Å². The van der Waals surface area contributed by atoms with Crippen molar-refractivity contribution in [1.82, 2.24) is 15.4 Å². The average Bonchev–Trinajstić information content (AvgIpc) is 2.80. The summed E-state index contributed by atoms with van der Waals surface area (Å²) in [6, 6.07) is 0.487. The quantitative estimate of drug-likeness (QED) is 0.641. The molecule has 0 aromatic rings. The van der Waals surface area contributed by atoms with Gasteiger partial charge in [-0.1, -0.05) is 6.42 Å². The van der Waals surface area contributed by atoms with E-state index >= 15 is 0 Å². The van der Waals surface area contributed by atoms with Gasteiger partial charge in [0.15, 0.2) is 0 Å². The van der Waals surface area contributed by atoms with Crippen molar-refractivity contribution in [3.63, 3.8) is 0 Å². The first-order valence-electron chi connectivity index (χ1n) is 6.60. The lowest BCUT2D eigenvalue weighted by atomic mass is 10.0. The third kappa shape index (κ3) is 4.54. The van der Waals surface area contributed by atoms with Gasteiger partial charge in [0.25, 0.3) is 0 Å². The molecule has 17 heavy (non-hydrogen) atoms. The van der Waals surface area contributed by atoms with Gasteiger partial charge in [0.1, 0.15) is 0 Å². The normalized spacial score (nSPS) is 30.6. The average molecular weight is 261 g/mol. The summed E-state index contributed by atoms with van der Waals surface area (Å²) < 4.78 is 26.5. The Morgan fingerprint density at radius 3 is 2.71 bits per heavy atom. The van der Waals surface area contributed by atoms with E-state index < -0.39 is 10.0 Å². The van der Waals surface area contributed by atoms with Crippen molar-refractivity contribution in [2.45, 2.75) is 44.2 Å².